The summed E-state index contributed by atoms with van der Waals surface area (Å²) < 4.78 is 4.04. The first kappa shape index (κ1) is 26.2. The van der Waals surface area contributed by atoms with Crippen LogP contribution < -0.4 is 27.8 Å². The van der Waals surface area contributed by atoms with E-state index in [0.29, 0.717) is 11.3 Å². The number of anilines is 1. The number of carbonyl (C=O) groups is 4. The normalized spacial score (nSPS) is 14.1. The van der Waals surface area contributed by atoms with E-state index in [0.717, 1.165) is 0 Å². The predicted octanol–water partition coefficient (Wildman–Crippen LogP) is -0.0670. The van der Waals surface area contributed by atoms with Gasteiger partial charge in [0.25, 0.3) is 0 Å². The molecule has 12 heteroatoms. The highest BCUT2D eigenvalue weighted by atomic mass is 32.1. The number of ether oxygens (including phenoxy) is 1. The zero-order valence-electron chi connectivity index (χ0n) is 17.3. The third kappa shape index (κ3) is 9.24. The molecule has 0 saturated heterocycles. The number of thiol groups is 1. The molecule has 9 N–H and O–H groups in total. The number of alkyl carbamates (subject to hydrolysis) is 1. The molecule has 0 fully saturated rings. The molecular formula is C19H29N5O6S. The van der Waals surface area contributed by atoms with Crippen molar-refractivity contribution in [1.82, 2.24) is 5.32 Å². The van der Waals surface area contributed by atoms with Gasteiger partial charge in [-0.3, -0.25) is 9.59 Å². The molecule has 0 aliphatic heterocycles. The molecule has 0 saturated carbocycles. The van der Waals surface area contributed by atoms with E-state index in [-0.39, 0.29) is 19.4 Å². The Balaban J connectivity index is 2.53. The van der Waals surface area contributed by atoms with E-state index in [9.17, 15) is 24.3 Å². The van der Waals surface area contributed by atoms with Gasteiger partial charge in [-0.05, 0) is 44.4 Å². The lowest BCUT2D eigenvalue weighted by Crippen LogP contribution is -2.51. The highest BCUT2D eigenvalue weighted by molar-refractivity contribution is 7.81. The highest BCUT2D eigenvalue weighted by Crippen LogP contribution is 2.18. The standard InChI is InChI=1S/C19H29N5O6S/c1-19(2,31)14(17(27)28)24-18(29)30-9-10-3-5-11(6-4-10)23-16(26)13(21)8-7-12(20)15(22)25/h3-6,12-14,31H,7-9,20-21H2,1-2H3,(H2,22,25)(H,23,26)(H,24,29)(H,27,28)/t12?,13-,14+/m0/s1. The van der Waals surface area contributed by atoms with Crippen molar-refractivity contribution in [1.29, 1.82) is 0 Å². The molecule has 3 atom stereocenters. The van der Waals surface area contributed by atoms with Gasteiger partial charge in [0, 0.05) is 10.4 Å². The summed E-state index contributed by atoms with van der Waals surface area (Å²) in [6.45, 7) is 3.00. The number of aliphatic carboxylic acids is 1. The van der Waals surface area contributed by atoms with Gasteiger partial charge in [0.05, 0.1) is 12.1 Å². The number of benzene rings is 1. The number of primary amides is 1. The maximum absolute atomic E-state index is 12.1. The van der Waals surface area contributed by atoms with Gasteiger partial charge in [-0.25, -0.2) is 9.59 Å². The largest absolute Gasteiger partial charge is 0.480 e. The van der Waals surface area contributed by atoms with Gasteiger partial charge in [0.2, 0.25) is 11.8 Å². The fourth-order valence-electron chi connectivity index (χ4n) is 2.40. The quantitative estimate of drug-likeness (QED) is 0.225. The molecule has 3 amide bonds. The van der Waals surface area contributed by atoms with Gasteiger partial charge >= 0.3 is 12.1 Å². The SMILES string of the molecule is CC(C)(S)[C@H](NC(=O)OCc1ccc(NC(=O)[C@@H](N)CCC(N)C(N)=O)cc1)C(=O)O. The molecule has 0 aliphatic carbocycles. The summed E-state index contributed by atoms with van der Waals surface area (Å²) in [5.41, 5.74) is 17.4. The highest BCUT2D eigenvalue weighted by Gasteiger charge is 2.34. The molecule has 1 rings (SSSR count). The molecule has 0 heterocycles. The van der Waals surface area contributed by atoms with Crippen LogP contribution in [0.5, 0.6) is 0 Å². The molecule has 31 heavy (non-hydrogen) atoms. The van der Waals surface area contributed by atoms with Crippen molar-refractivity contribution in [2.45, 2.75) is 56.2 Å². The number of carbonyl (C=O) groups excluding carboxylic acids is 3. The van der Waals surface area contributed by atoms with Gasteiger partial charge < -0.3 is 37.7 Å². The van der Waals surface area contributed by atoms with Crippen molar-refractivity contribution in [2.75, 3.05) is 5.32 Å². The third-order valence-electron chi connectivity index (χ3n) is 4.30. The van der Waals surface area contributed by atoms with Crippen molar-refractivity contribution >= 4 is 42.2 Å². The van der Waals surface area contributed by atoms with E-state index >= 15 is 0 Å². The molecule has 0 radical (unpaired) electrons. The summed E-state index contributed by atoms with van der Waals surface area (Å²) in [6.07, 6.45) is -0.515. The number of nitrogens with one attached hydrogen (secondary N) is 2. The van der Waals surface area contributed by atoms with E-state index in [1.807, 2.05) is 0 Å². The van der Waals surface area contributed by atoms with E-state index in [2.05, 4.69) is 23.3 Å². The van der Waals surface area contributed by atoms with Gasteiger partial charge in [0.15, 0.2) is 0 Å². The number of amides is 3. The maximum atomic E-state index is 12.1. The average Bonchev–Trinajstić information content (AvgIpc) is 2.68. The van der Waals surface area contributed by atoms with Crippen LogP contribution in [-0.2, 0) is 25.7 Å². The number of hydrogen-bond donors (Lipinski definition) is 7. The van der Waals surface area contributed by atoms with Crippen LogP contribution in [0.2, 0.25) is 0 Å². The molecule has 0 aromatic heterocycles. The lowest BCUT2D eigenvalue weighted by molar-refractivity contribution is -0.140. The Morgan fingerprint density at radius 3 is 2.13 bits per heavy atom. The number of carboxylic acids is 1. The monoisotopic (exact) mass is 455 g/mol. The predicted molar refractivity (Wildman–Crippen MR) is 117 cm³/mol. The minimum atomic E-state index is -1.23. The van der Waals surface area contributed by atoms with Crippen LogP contribution >= 0.6 is 12.6 Å². The minimum absolute atomic E-state index is 0.107. The maximum Gasteiger partial charge on any atom is 0.408 e. The average molecular weight is 456 g/mol. The summed E-state index contributed by atoms with van der Waals surface area (Å²) in [5.74, 6) is -2.34. The molecule has 0 bridgehead atoms. The molecule has 0 spiro atoms. The van der Waals surface area contributed by atoms with Crippen molar-refractivity contribution in [3.8, 4) is 0 Å². The van der Waals surface area contributed by atoms with Crippen LogP contribution in [0.25, 0.3) is 0 Å². The Labute approximate surface area is 185 Å². The van der Waals surface area contributed by atoms with Crippen LogP contribution in [0.3, 0.4) is 0 Å². The Hall–Kier alpha value is -2.83. The van der Waals surface area contributed by atoms with Crippen LogP contribution in [-0.4, -0.2) is 51.9 Å². The lowest BCUT2D eigenvalue weighted by Gasteiger charge is -2.26. The first-order chi connectivity index (χ1) is 14.3. The Kier molecular flexibility index (Phi) is 9.75. The van der Waals surface area contributed by atoms with Crippen LogP contribution in [0.15, 0.2) is 24.3 Å². The molecule has 1 aromatic rings. The molecular weight excluding hydrogens is 426 g/mol. The van der Waals surface area contributed by atoms with E-state index in [4.69, 9.17) is 21.9 Å². The number of rotatable bonds is 11. The van der Waals surface area contributed by atoms with Gasteiger partial charge in [-0.1, -0.05) is 12.1 Å². The Morgan fingerprint density at radius 1 is 1.10 bits per heavy atom. The van der Waals surface area contributed by atoms with Gasteiger partial charge in [-0.2, -0.15) is 12.6 Å². The zero-order chi connectivity index (χ0) is 23.8. The van der Waals surface area contributed by atoms with Crippen LogP contribution in [0.4, 0.5) is 10.5 Å². The first-order valence-corrected chi connectivity index (χ1v) is 9.84. The van der Waals surface area contributed by atoms with Crippen LogP contribution in [0.1, 0.15) is 32.3 Å². The van der Waals surface area contributed by atoms with E-state index < -0.39 is 46.7 Å². The number of carboxylic acid groups (broad SMARTS) is 1. The first-order valence-electron chi connectivity index (χ1n) is 9.40. The zero-order valence-corrected chi connectivity index (χ0v) is 18.2. The van der Waals surface area contributed by atoms with Crippen molar-refractivity contribution < 1.29 is 29.0 Å². The summed E-state index contributed by atoms with van der Waals surface area (Å²) in [4.78, 5) is 46.1. The molecule has 0 aliphatic rings. The Morgan fingerprint density at radius 2 is 1.65 bits per heavy atom. The fraction of sp³-hybridized carbons (Fsp3) is 0.474. The van der Waals surface area contributed by atoms with Crippen LogP contribution in [0, 0.1) is 0 Å². The van der Waals surface area contributed by atoms with Gasteiger partial charge in [-0.15, -0.1) is 0 Å². The molecule has 1 aromatic carbocycles. The van der Waals surface area contributed by atoms with E-state index in [1.165, 1.54) is 0 Å². The summed E-state index contributed by atoms with van der Waals surface area (Å²) in [7, 11) is 0. The molecule has 172 valence electrons. The third-order valence-corrected chi connectivity index (χ3v) is 4.56. The summed E-state index contributed by atoms with van der Waals surface area (Å²) in [6, 6.07) is 3.46. The van der Waals surface area contributed by atoms with Crippen molar-refractivity contribution in [2.24, 2.45) is 17.2 Å². The second kappa shape index (κ2) is 11.5. The van der Waals surface area contributed by atoms with E-state index in [1.54, 1.807) is 38.1 Å². The fourth-order valence-corrected chi connectivity index (χ4v) is 2.58. The second-order valence-corrected chi connectivity index (χ2v) is 8.68. The molecule has 1 unspecified atom stereocenters. The summed E-state index contributed by atoms with van der Waals surface area (Å²) in [5, 5.41) is 14.1. The number of nitrogens with two attached hydrogens (primary N) is 3. The summed E-state index contributed by atoms with van der Waals surface area (Å²) >= 11 is 4.17. The minimum Gasteiger partial charge on any atom is -0.480 e. The second-order valence-electron chi connectivity index (χ2n) is 7.52. The van der Waals surface area contributed by atoms with Crippen molar-refractivity contribution in [3.63, 3.8) is 0 Å². The lowest BCUT2D eigenvalue weighted by atomic mass is 10.0. The van der Waals surface area contributed by atoms with Gasteiger partial charge in [0.1, 0.15) is 12.6 Å². The smallest absolute Gasteiger partial charge is 0.408 e. The van der Waals surface area contributed by atoms with Crippen molar-refractivity contribution in [3.05, 3.63) is 29.8 Å². The molecule has 11 nitrogen and oxygen atoms in total. The number of hydrogen-bond acceptors (Lipinski definition) is 8. The Bertz CT molecular complexity index is 796. The topological polar surface area (TPSA) is 200 Å².